The predicted octanol–water partition coefficient (Wildman–Crippen LogP) is 1.99. The molecule has 1 heterocycles. The Labute approximate surface area is 103 Å². The van der Waals surface area contributed by atoms with Crippen LogP contribution in [0.15, 0.2) is 4.52 Å². The third-order valence-corrected chi connectivity index (χ3v) is 2.11. The summed E-state index contributed by atoms with van der Waals surface area (Å²) in [5, 5.41) is 5.87. The van der Waals surface area contributed by atoms with E-state index in [4.69, 9.17) is 9.26 Å². The third kappa shape index (κ3) is 4.61. The van der Waals surface area contributed by atoms with Crippen molar-refractivity contribution in [3.8, 4) is 0 Å². The van der Waals surface area contributed by atoms with Crippen LogP contribution in [0.4, 0.5) is 13.2 Å². The summed E-state index contributed by atoms with van der Waals surface area (Å²) in [5.41, 5.74) is -0.722. The van der Waals surface area contributed by atoms with Gasteiger partial charge in [-0.05, 0) is 20.8 Å². The van der Waals surface area contributed by atoms with Gasteiger partial charge in [0.2, 0.25) is 11.7 Å². The predicted molar refractivity (Wildman–Crippen MR) is 56.7 cm³/mol. The van der Waals surface area contributed by atoms with Crippen LogP contribution in [-0.2, 0) is 16.9 Å². The molecular formula is C10H16F3N3O2. The van der Waals surface area contributed by atoms with Crippen molar-refractivity contribution in [3.05, 3.63) is 11.7 Å². The standard InChI is InChI=1S/C10H16F3N3O2/c1-4-17-9(2,3)8-15-7(18-16-8)5-14-6-10(11,12)13/h14H,4-6H2,1-3H3. The molecule has 0 aliphatic heterocycles. The molecule has 0 unspecified atom stereocenters. The van der Waals surface area contributed by atoms with Crippen LogP contribution in [0.2, 0.25) is 0 Å². The van der Waals surface area contributed by atoms with Gasteiger partial charge >= 0.3 is 6.18 Å². The highest BCUT2D eigenvalue weighted by atomic mass is 19.4. The van der Waals surface area contributed by atoms with E-state index >= 15 is 0 Å². The third-order valence-electron chi connectivity index (χ3n) is 2.11. The maximum Gasteiger partial charge on any atom is 0.401 e. The molecule has 0 fully saturated rings. The van der Waals surface area contributed by atoms with E-state index in [1.54, 1.807) is 13.8 Å². The Kier molecular flexibility index (Phi) is 4.69. The van der Waals surface area contributed by atoms with Crippen molar-refractivity contribution in [2.45, 2.75) is 39.1 Å². The molecule has 0 atom stereocenters. The van der Waals surface area contributed by atoms with Crippen molar-refractivity contribution in [2.75, 3.05) is 13.2 Å². The Bertz CT molecular complexity index is 377. The van der Waals surface area contributed by atoms with Crippen molar-refractivity contribution in [3.63, 3.8) is 0 Å². The Hall–Kier alpha value is -1.15. The Morgan fingerprint density at radius 1 is 1.33 bits per heavy atom. The highest BCUT2D eigenvalue weighted by Gasteiger charge is 2.28. The summed E-state index contributed by atoms with van der Waals surface area (Å²) in [6.07, 6.45) is -4.26. The molecule has 0 bridgehead atoms. The first-order chi connectivity index (χ1) is 8.24. The number of hydrogen-bond donors (Lipinski definition) is 1. The van der Waals surface area contributed by atoms with Crippen molar-refractivity contribution in [1.82, 2.24) is 15.5 Å². The molecule has 0 aliphatic carbocycles. The molecule has 0 radical (unpaired) electrons. The van der Waals surface area contributed by atoms with Crippen LogP contribution < -0.4 is 5.32 Å². The highest BCUT2D eigenvalue weighted by molar-refractivity contribution is 4.97. The van der Waals surface area contributed by atoms with Gasteiger partial charge in [0.15, 0.2) is 0 Å². The molecule has 0 saturated carbocycles. The molecule has 0 spiro atoms. The molecule has 0 saturated heterocycles. The van der Waals surface area contributed by atoms with Crippen molar-refractivity contribution in [2.24, 2.45) is 0 Å². The van der Waals surface area contributed by atoms with Crippen LogP contribution in [0.5, 0.6) is 0 Å². The minimum absolute atomic E-state index is 0.0991. The second-order valence-corrected chi connectivity index (χ2v) is 4.17. The number of nitrogens with one attached hydrogen (secondary N) is 1. The fourth-order valence-electron chi connectivity index (χ4n) is 1.31. The molecule has 1 aromatic rings. The van der Waals surface area contributed by atoms with Crippen molar-refractivity contribution >= 4 is 0 Å². The number of halogens is 3. The summed E-state index contributed by atoms with van der Waals surface area (Å²) in [7, 11) is 0. The van der Waals surface area contributed by atoms with E-state index in [0.29, 0.717) is 12.4 Å². The monoisotopic (exact) mass is 267 g/mol. The molecule has 0 amide bonds. The maximum atomic E-state index is 11.9. The second-order valence-electron chi connectivity index (χ2n) is 4.17. The molecule has 0 aromatic carbocycles. The number of hydrogen-bond acceptors (Lipinski definition) is 5. The van der Waals surface area contributed by atoms with Crippen LogP contribution in [0.3, 0.4) is 0 Å². The van der Waals surface area contributed by atoms with Crippen LogP contribution in [-0.4, -0.2) is 29.5 Å². The Morgan fingerprint density at radius 3 is 2.56 bits per heavy atom. The van der Waals surface area contributed by atoms with E-state index in [1.165, 1.54) is 0 Å². The van der Waals surface area contributed by atoms with Crippen LogP contribution in [0.1, 0.15) is 32.5 Å². The number of nitrogens with zero attached hydrogens (tertiary/aromatic N) is 2. The lowest BCUT2D eigenvalue weighted by Gasteiger charge is -2.19. The molecule has 1 rings (SSSR count). The van der Waals surface area contributed by atoms with Gasteiger partial charge in [0.1, 0.15) is 5.60 Å². The van der Waals surface area contributed by atoms with Crippen molar-refractivity contribution in [1.29, 1.82) is 0 Å². The molecule has 8 heteroatoms. The molecule has 18 heavy (non-hydrogen) atoms. The summed E-state index contributed by atoms with van der Waals surface area (Å²) >= 11 is 0. The summed E-state index contributed by atoms with van der Waals surface area (Å²) < 4.78 is 46.0. The number of rotatable bonds is 6. The smallest absolute Gasteiger partial charge is 0.368 e. The lowest BCUT2D eigenvalue weighted by atomic mass is 10.1. The van der Waals surface area contributed by atoms with Crippen molar-refractivity contribution < 1.29 is 22.4 Å². The van der Waals surface area contributed by atoms with Gasteiger partial charge < -0.3 is 14.6 Å². The van der Waals surface area contributed by atoms with E-state index in [0.717, 1.165) is 0 Å². The summed E-state index contributed by atoms with van der Waals surface area (Å²) in [4.78, 5) is 3.99. The molecule has 1 aromatic heterocycles. The molecule has 1 N–H and O–H groups in total. The fraction of sp³-hybridized carbons (Fsp3) is 0.800. The first-order valence-corrected chi connectivity index (χ1v) is 5.49. The SMILES string of the molecule is CCOC(C)(C)c1noc(CNCC(F)(F)F)n1. The Balaban J connectivity index is 2.53. The number of alkyl halides is 3. The van der Waals surface area contributed by atoms with Gasteiger partial charge in [-0.1, -0.05) is 5.16 Å². The fourth-order valence-corrected chi connectivity index (χ4v) is 1.31. The van der Waals surface area contributed by atoms with Gasteiger partial charge in [0, 0.05) is 6.61 Å². The molecular weight excluding hydrogens is 251 g/mol. The minimum Gasteiger partial charge on any atom is -0.368 e. The highest BCUT2D eigenvalue weighted by Crippen LogP contribution is 2.21. The van der Waals surface area contributed by atoms with Gasteiger partial charge in [0.25, 0.3) is 0 Å². The first-order valence-electron chi connectivity index (χ1n) is 5.49. The van der Waals surface area contributed by atoms with E-state index in [9.17, 15) is 13.2 Å². The zero-order valence-corrected chi connectivity index (χ0v) is 10.5. The Morgan fingerprint density at radius 2 is 2.00 bits per heavy atom. The van der Waals surface area contributed by atoms with Crippen LogP contribution in [0, 0.1) is 0 Å². The minimum atomic E-state index is -4.26. The largest absolute Gasteiger partial charge is 0.401 e. The lowest BCUT2D eigenvalue weighted by Crippen LogP contribution is -2.28. The average molecular weight is 267 g/mol. The van der Waals surface area contributed by atoms with Gasteiger partial charge in [-0.3, -0.25) is 0 Å². The lowest BCUT2D eigenvalue weighted by molar-refractivity contribution is -0.125. The first kappa shape index (κ1) is 14.9. The van der Waals surface area contributed by atoms with E-state index in [1.807, 2.05) is 6.92 Å². The summed E-state index contributed by atoms with van der Waals surface area (Å²) in [6.45, 7) is 4.59. The average Bonchev–Trinajstić information content (AvgIpc) is 2.65. The topological polar surface area (TPSA) is 60.2 Å². The van der Waals surface area contributed by atoms with Gasteiger partial charge in [0.05, 0.1) is 13.1 Å². The van der Waals surface area contributed by atoms with Crippen LogP contribution >= 0.6 is 0 Å². The molecule has 5 nitrogen and oxygen atoms in total. The number of ether oxygens (including phenoxy) is 1. The van der Waals surface area contributed by atoms with E-state index < -0.39 is 18.3 Å². The van der Waals surface area contributed by atoms with Crippen LogP contribution in [0.25, 0.3) is 0 Å². The normalized spacial score (nSPS) is 13.0. The molecule has 0 aliphatic rings. The van der Waals surface area contributed by atoms with Gasteiger partial charge in [-0.15, -0.1) is 0 Å². The van der Waals surface area contributed by atoms with Gasteiger partial charge in [-0.25, -0.2) is 0 Å². The van der Waals surface area contributed by atoms with E-state index in [-0.39, 0.29) is 12.4 Å². The zero-order valence-electron chi connectivity index (χ0n) is 10.5. The van der Waals surface area contributed by atoms with Gasteiger partial charge in [-0.2, -0.15) is 18.2 Å². The zero-order chi connectivity index (χ0) is 13.8. The second kappa shape index (κ2) is 5.66. The summed E-state index contributed by atoms with van der Waals surface area (Å²) in [5.74, 6) is 0.412. The quantitative estimate of drug-likeness (QED) is 0.854. The maximum absolute atomic E-state index is 11.9. The summed E-state index contributed by atoms with van der Waals surface area (Å²) in [6, 6.07) is 0. The molecule has 104 valence electrons. The van der Waals surface area contributed by atoms with E-state index in [2.05, 4.69) is 15.5 Å². The number of aromatic nitrogens is 2.